The maximum atomic E-state index is 12.5. The third-order valence-electron chi connectivity index (χ3n) is 4.60. The predicted molar refractivity (Wildman–Crippen MR) is 112 cm³/mol. The molecule has 1 aliphatic rings. The number of amides is 1. The lowest BCUT2D eigenvalue weighted by atomic mass is 9.88. The normalized spacial score (nSPS) is 15.7. The van der Waals surface area contributed by atoms with E-state index in [1.54, 1.807) is 17.4 Å². The zero-order valence-corrected chi connectivity index (χ0v) is 16.1. The van der Waals surface area contributed by atoms with E-state index in [4.69, 9.17) is 16.3 Å². The van der Waals surface area contributed by atoms with Crippen molar-refractivity contribution in [1.82, 2.24) is 0 Å². The molecule has 1 amide bonds. The van der Waals surface area contributed by atoms with Gasteiger partial charge in [0.25, 0.3) is 0 Å². The SMILES string of the molecule is C=CCOc1ccccc1[C@H]1CC(=O)Nc2c(-c3ccc(Cl)cc3)csc21. The van der Waals surface area contributed by atoms with Crippen molar-refractivity contribution in [3.63, 3.8) is 0 Å². The number of ether oxygens (including phenoxy) is 1. The molecule has 0 unspecified atom stereocenters. The number of fused-ring (bicyclic) bond motifs is 1. The summed E-state index contributed by atoms with van der Waals surface area (Å²) in [5.41, 5.74) is 3.98. The molecule has 1 aromatic heterocycles. The van der Waals surface area contributed by atoms with Gasteiger partial charge in [0, 0.05) is 38.7 Å². The van der Waals surface area contributed by atoms with Crippen LogP contribution in [0.4, 0.5) is 5.69 Å². The molecule has 0 bridgehead atoms. The van der Waals surface area contributed by atoms with Crippen molar-refractivity contribution in [3.8, 4) is 16.9 Å². The van der Waals surface area contributed by atoms with Crippen LogP contribution in [-0.4, -0.2) is 12.5 Å². The van der Waals surface area contributed by atoms with E-state index in [0.717, 1.165) is 33.0 Å². The molecule has 1 N–H and O–H groups in total. The first-order valence-corrected chi connectivity index (χ1v) is 9.93. The number of carbonyl (C=O) groups excluding carboxylic acids is 1. The van der Waals surface area contributed by atoms with E-state index < -0.39 is 0 Å². The Hall–Kier alpha value is -2.56. The Morgan fingerprint density at radius 2 is 2.00 bits per heavy atom. The fraction of sp³-hybridized carbons (Fsp3) is 0.136. The van der Waals surface area contributed by atoms with Gasteiger partial charge < -0.3 is 10.1 Å². The highest BCUT2D eigenvalue weighted by atomic mass is 35.5. The second kappa shape index (κ2) is 7.59. The van der Waals surface area contributed by atoms with Crippen LogP contribution in [0.25, 0.3) is 11.1 Å². The fourth-order valence-electron chi connectivity index (χ4n) is 3.37. The molecular formula is C22H18ClNO2S. The molecule has 0 spiro atoms. The number of anilines is 1. The van der Waals surface area contributed by atoms with E-state index in [1.807, 2.05) is 48.5 Å². The second-order valence-electron chi connectivity index (χ2n) is 6.34. The summed E-state index contributed by atoms with van der Waals surface area (Å²) in [5.74, 6) is 0.782. The Morgan fingerprint density at radius 3 is 2.78 bits per heavy atom. The van der Waals surface area contributed by atoms with E-state index in [-0.39, 0.29) is 11.8 Å². The Balaban J connectivity index is 1.78. The number of para-hydroxylation sites is 1. The Bertz CT molecular complexity index is 994. The first-order valence-electron chi connectivity index (χ1n) is 8.67. The molecule has 0 saturated carbocycles. The van der Waals surface area contributed by atoms with Crippen molar-refractivity contribution < 1.29 is 9.53 Å². The monoisotopic (exact) mass is 395 g/mol. The maximum Gasteiger partial charge on any atom is 0.225 e. The largest absolute Gasteiger partial charge is 0.489 e. The van der Waals surface area contributed by atoms with E-state index in [2.05, 4.69) is 17.3 Å². The van der Waals surface area contributed by atoms with Gasteiger partial charge in [-0.25, -0.2) is 0 Å². The van der Waals surface area contributed by atoms with Gasteiger partial charge >= 0.3 is 0 Å². The molecule has 1 aliphatic heterocycles. The van der Waals surface area contributed by atoms with E-state index in [1.165, 1.54) is 0 Å². The Morgan fingerprint density at radius 1 is 1.22 bits per heavy atom. The van der Waals surface area contributed by atoms with Crippen molar-refractivity contribution in [1.29, 1.82) is 0 Å². The Kier molecular flexibility index (Phi) is 5.01. The van der Waals surface area contributed by atoms with Crippen LogP contribution < -0.4 is 10.1 Å². The van der Waals surface area contributed by atoms with Crippen molar-refractivity contribution in [2.75, 3.05) is 11.9 Å². The van der Waals surface area contributed by atoms with Crippen LogP contribution in [0.2, 0.25) is 5.02 Å². The summed E-state index contributed by atoms with van der Waals surface area (Å²) >= 11 is 7.68. The lowest BCUT2D eigenvalue weighted by Crippen LogP contribution is -2.22. The average Bonchev–Trinajstić information content (AvgIpc) is 3.10. The number of nitrogens with one attached hydrogen (secondary N) is 1. The van der Waals surface area contributed by atoms with E-state index >= 15 is 0 Å². The molecular weight excluding hydrogens is 378 g/mol. The molecule has 27 heavy (non-hydrogen) atoms. The van der Waals surface area contributed by atoms with Gasteiger partial charge in [-0.3, -0.25) is 4.79 Å². The molecule has 3 nitrogen and oxygen atoms in total. The first-order chi connectivity index (χ1) is 13.2. The van der Waals surface area contributed by atoms with Crippen molar-refractivity contribution in [3.05, 3.63) is 82.0 Å². The number of carbonyl (C=O) groups is 1. The van der Waals surface area contributed by atoms with Gasteiger partial charge in [-0.2, -0.15) is 0 Å². The topological polar surface area (TPSA) is 38.3 Å². The third kappa shape index (κ3) is 3.51. The van der Waals surface area contributed by atoms with Gasteiger partial charge in [-0.05, 0) is 23.8 Å². The van der Waals surface area contributed by atoms with Crippen LogP contribution in [0, 0.1) is 0 Å². The van der Waals surface area contributed by atoms with Crippen LogP contribution in [0.1, 0.15) is 22.8 Å². The van der Waals surface area contributed by atoms with Gasteiger partial charge in [0.15, 0.2) is 0 Å². The average molecular weight is 396 g/mol. The molecule has 1 atom stereocenters. The summed E-state index contributed by atoms with van der Waals surface area (Å²) in [6.45, 7) is 4.15. The molecule has 4 rings (SSSR count). The van der Waals surface area contributed by atoms with Crippen molar-refractivity contribution in [2.24, 2.45) is 0 Å². The number of benzene rings is 2. The summed E-state index contributed by atoms with van der Waals surface area (Å²) in [4.78, 5) is 13.6. The number of rotatable bonds is 5. The first kappa shape index (κ1) is 17.8. The molecule has 2 heterocycles. The maximum absolute atomic E-state index is 12.5. The minimum atomic E-state index is -0.0270. The van der Waals surface area contributed by atoms with Crippen molar-refractivity contribution in [2.45, 2.75) is 12.3 Å². The summed E-state index contributed by atoms with van der Waals surface area (Å²) in [6, 6.07) is 15.6. The standard InChI is InChI=1S/C22H18ClNO2S/c1-2-11-26-19-6-4-3-5-16(19)17-12-20(25)24-21-18(13-27-22(17)21)14-7-9-15(23)10-8-14/h2-10,13,17H,1,11-12H2,(H,24,25)/t17-/m1/s1. The highest BCUT2D eigenvalue weighted by Gasteiger charge is 2.32. The number of hydrogen-bond donors (Lipinski definition) is 1. The minimum absolute atomic E-state index is 0.0136. The van der Waals surface area contributed by atoms with E-state index in [0.29, 0.717) is 18.1 Å². The molecule has 0 aliphatic carbocycles. The summed E-state index contributed by atoms with van der Waals surface area (Å²) in [5, 5.41) is 5.86. The lowest BCUT2D eigenvalue weighted by Gasteiger charge is -2.25. The second-order valence-corrected chi connectivity index (χ2v) is 7.69. The zero-order chi connectivity index (χ0) is 18.8. The summed E-state index contributed by atoms with van der Waals surface area (Å²) < 4.78 is 5.83. The predicted octanol–water partition coefficient (Wildman–Crippen LogP) is 6.11. The van der Waals surface area contributed by atoms with E-state index in [9.17, 15) is 4.79 Å². The van der Waals surface area contributed by atoms with Gasteiger partial charge in [0.05, 0.1) is 5.69 Å². The highest BCUT2D eigenvalue weighted by molar-refractivity contribution is 7.11. The van der Waals surface area contributed by atoms with Gasteiger partial charge in [-0.15, -0.1) is 11.3 Å². The zero-order valence-electron chi connectivity index (χ0n) is 14.6. The molecule has 0 fully saturated rings. The lowest BCUT2D eigenvalue weighted by molar-refractivity contribution is -0.116. The fourth-order valence-corrected chi connectivity index (χ4v) is 4.65. The van der Waals surface area contributed by atoms with Gasteiger partial charge in [0.2, 0.25) is 5.91 Å². The van der Waals surface area contributed by atoms with Crippen LogP contribution >= 0.6 is 22.9 Å². The number of halogens is 1. The molecule has 5 heteroatoms. The van der Waals surface area contributed by atoms with Crippen LogP contribution in [0.3, 0.4) is 0 Å². The molecule has 0 saturated heterocycles. The highest BCUT2D eigenvalue weighted by Crippen LogP contribution is 2.48. The molecule has 0 radical (unpaired) electrons. The number of hydrogen-bond acceptors (Lipinski definition) is 3. The van der Waals surface area contributed by atoms with Gasteiger partial charge in [0.1, 0.15) is 12.4 Å². The quantitative estimate of drug-likeness (QED) is 0.529. The van der Waals surface area contributed by atoms with Crippen LogP contribution in [0.5, 0.6) is 5.75 Å². The smallest absolute Gasteiger partial charge is 0.225 e. The van der Waals surface area contributed by atoms with Crippen LogP contribution in [-0.2, 0) is 4.79 Å². The Labute approximate surface area is 167 Å². The summed E-state index contributed by atoms with van der Waals surface area (Å²) in [7, 11) is 0. The molecule has 3 aromatic rings. The summed E-state index contributed by atoms with van der Waals surface area (Å²) in [6.07, 6.45) is 2.13. The molecule has 136 valence electrons. The van der Waals surface area contributed by atoms with Gasteiger partial charge in [-0.1, -0.05) is 54.6 Å². The van der Waals surface area contributed by atoms with Crippen LogP contribution in [0.15, 0.2) is 66.6 Å². The number of thiophene rings is 1. The molecule has 2 aromatic carbocycles. The minimum Gasteiger partial charge on any atom is -0.489 e. The van der Waals surface area contributed by atoms with Crippen molar-refractivity contribution >= 4 is 34.5 Å². The third-order valence-corrected chi connectivity index (χ3v) is 5.94.